The number of nitrogen functional groups attached to an aromatic ring is 1. The zero-order valence-corrected chi connectivity index (χ0v) is 12.4. The Morgan fingerprint density at radius 2 is 2.10 bits per heavy atom. The summed E-state index contributed by atoms with van der Waals surface area (Å²) in [5, 5.41) is 5.94. The molecule has 1 aromatic heterocycles. The van der Waals surface area contributed by atoms with Crippen LogP contribution in [0.4, 0.5) is 5.82 Å². The number of ether oxygens (including phenoxy) is 1. The summed E-state index contributed by atoms with van der Waals surface area (Å²) in [6.45, 7) is 1.60. The van der Waals surface area contributed by atoms with E-state index in [1.165, 1.54) is 6.26 Å². The number of aromatic amines is 1. The highest BCUT2D eigenvalue weighted by molar-refractivity contribution is 7.90. The SMILES string of the molecule is COc1cccc(-c2c(N)n[nH]c2C(C)S(C)(=O)=O)c1. The van der Waals surface area contributed by atoms with Gasteiger partial charge in [-0.25, -0.2) is 8.42 Å². The molecule has 0 aliphatic carbocycles. The molecule has 0 aliphatic heterocycles. The van der Waals surface area contributed by atoms with Crippen molar-refractivity contribution in [3.05, 3.63) is 30.0 Å². The van der Waals surface area contributed by atoms with Crippen molar-refractivity contribution in [2.24, 2.45) is 0 Å². The molecule has 3 N–H and O–H groups in total. The minimum Gasteiger partial charge on any atom is -0.497 e. The number of methoxy groups -OCH3 is 1. The number of anilines is 1. The van der Waals surface area contributed by atoms with Crippen molar-refractivity contribution in [2.75, 3.05) is 19.1 Å². The van der Waals surface area contributed by atoms with Crippen LogP contribution in [0, 0.1) is 0 Å². The van der Waals surface area contributed by atoms with Gasteiger partial charge in [-0.1, -0.05) is 12.1 Å². The van der Waals surface area contributed by atoms with Gasteiger partial charge in [0.15, 0.2) is 15.7 Å². The fourth-order valence-electron chi connectivity index (χ4n) is 1.96. The van der Waals surface area contributed by atoms with Gasteiger partial charge in [0.25, 0.3) is 0 Å². The number of hydrogen-bond donors (Lipinski definition) is 2. The van der Waals surface area contributed by atoms with Gasteiger partial charge in [0.2, 0.25) is 0 Å². The molecule has 108 valence electrons. The number of nitrogens with two attached hydrogens (primary N) is 1. The molecule has 0 radical (unpaired) electrons. The molecular formula is C13H17N3O3S. The van der Waals surface area contributed by atoms with Crippen molar-refractivity contribution in [1.29, 1.82) is 0 Å². The summed E-state index contributed by atoms with van der Waals surface area (Å²) < 4.78 is 28.6. The Morgan fingerprint density at radius 1 is 1.40 bits per heavy atom. The van der Waals surface area contributed by atoms with Crippen molar-refractivity contribution < 1.29 is 13.2 Å². The summed E-state index contributed by atoms with van der Waals surface area (Å²) in [6, 6.07) is 7.25. The van der Waals surface area contributed by atoms with Gasteiger partial charge in [0.1, 0.15) is 11.0 Å². The lowest BCUT2D eigenvalue weighted by Crippen LogP contribution is -2.09. The van der Waals surface area contributed by atoms with Crippen LogP contribution < -0.4 is 10.5 Å². The van der Waals surface area contributed by atoms with Crippen molar-refractivity contribution in [2.45, 2.75) is 12.2 Å². The highest BCUT2D eigenvalue weighted by Gasteiger charge is 2.25. The number of benzene rings is 1. The lowest BCUT2D eigenvalue weighted by molar-refractivity contribution is 0.415. The van der Waals surface area contributed by atoms with Gasteiger partial charge in [-0.3, -0.25) is 5.10 Å². The van der Waals surface area contributed by atoms with Crippen LogP contribution in [0.5, 0.6) is 5.75 Å². The molecule has 0 bridgehead atoms. The normalized spacial score (nSPS) is 13.2. The first kappa shape index (κ1) is 14.4. The Morgan fingerprint density at radius 3 is 2.70 bits per heavy atom. The molecule has 20 heavy (non-hydrogen) atoms. The first-order valence-corrected chi connectivity index (χ1v) is 7.97. The molecule has 1 aromatic carbocycles. The van der Waals surface area contributed by atoms with E-state index in [4.69, 9.17) is 10.5 Å². The Kier molecular flexibility index (Phi) is 3.71. The predicted octanol–water partition coefficient (Wildman–Crippen LogP) is 1.77. The maximum Gasteiger partial charge on any atom is 0.155 e. The fourth-order valence-corrected chi connectivity index (χ4v) is 2.56. The van der Waals surface area contributed by atoms with Gasteiger partial charge < -0.3 is 10.5 Å². The number of rotatable bonds is 4. The lowest BCUT2D eigenvalue weighted by atomic mass is 10.0. The molecule has 0 fully saturated rings. The molecule has 1 unspecified atom stereocenters. The maximum absolute atomic E-state index is 11.7. The first-order chi connectivity index (χ1) is 9.34. The molecule has 1 atom stereocenters. The van der Waals surface area contributed by atoms with Crippen LogP contribution in [0.25, 0.3) is 11.1 Å². The summed E-state index contributed by atoms with van der Waals surface area (Å²) in [5.41, 5.74) is 7.72. The van der Waals surface area contributed by atoms with Crippen LogP contribution in [-0.2, 0) is 9.84 Å². The molecule has 0 saturated heterocycles. The van der Waals surface area contributed by atoms with E-state index < -0.39 is 15.1 Å². The van der Waals surface area contributed by atoms with E-state index in [2.05, 4.69) is 10.2 Å². The zero-order chi connectivity index (χ0) is 14.9. The van der Waals surface area contributed by atoms with Crippen molar-refractivity contribution in [1.82, 2.24) is 10.2 Å². The van der Waals surface area contributed by atoms with Crippen LogP contribution >= 0.6 is 0 Å². The molecule has 0 spiro atoms. The molecule has 0 saturated carbocycles. The number of hydrogen-bond acceptors (Lipinski definition) is 5. The highest BCUT2D eigenvalue weighted by Crippen LogP contribution is 2.35. The van der Waals surface area contributed by atoms with E-state index in [0.717, 1.165) is 5.56 Å². The third-order valence-electron chi connectivity index (χ3n) is 3.23. The summed E-state index contributed by atoms with van der Waals surface area (Å²) in [4.78, 5) is 0. The lowest BCUT2D eigenvalue weighted by Gasteiger charge is -2.11. The quantitative estimate of drug-likeness (QED) is 0.895. The summed E-state index contributed by atoms with van der Waals surface area (Å²) in [5.74, 6) is 0.935. The number of sulfone groups is 1. The Bertz CT molecular complexity index is 722. The third-order valence-corrected chi connectivity index (χ3v) is 4.75. The third kappa shape index (κ3) is 2.62. The highest BCUT2D eigenvalue weighted by atomic mass is 32.2. The molecule has 7 heteroatoms. The minimum atomic E-state index is -3.25. The first-order valence-electron chi connectivity index (χ1n) is 6.01. The van der Waals surface area contributed by atoms with Crippen LogP contribution in [0.2, 0.25) is 0 Å². The van der Waals surface area contributed by atoms with Crippen molar-refractivity contribution >= 4 is 15.7 Å². The van der Waals surface area contributed by atoms with E-state index in [0.29, 0.717) is 17.0 Å². The van der Waals surface area contributed by atoms with Gasteiger partial charge in [0, 0.05) is 11.8 Å². The Labute approximate surface area is 117 Å². The maximum atomic E-state index is 11.7. The van der Waals surface area contributed by atoms with Gasteiger partial charge in [0.05, 0.1) is 12.8 Å². The average Bonchev–Trinajstić information content (AvgIpc) is 2.78. The van der Waals surface area contributed by atoms with E-state index in [1.807, 2.05) is 12.1 Å². The smallest absolute Gasteiger partial charge is 0.155 e. The second-order valence-corrected chi connectivity index (χ2v) is 6.97. The number of nitrogens with one attached hydrogen (secondary N) is 1. The monoisotopic (exact) mass is 295 g/mol. The minimum absolute atomic E-state index is 0.267. The molecule has 1 heterocycles. The van der Waals surface area contributed by atoms with Crippen LogP contribution in [0.15, 0.2) is 24.3 Å². The molecule has 2 aromatic rings. The summed E-state index contributed by atoms with van der Waals surface area (Å²) in [6.07, 6.45) is 1.18. The largest absolute Gasteiger partial charge is 0.497 e. The Balaban J connectivity index is 2.60. The van der Waals surface area contributed by atoms with Crippen LogP contribution in [0.3, 0.4) is 0 Å². The molecule has 2 rings (SSSR count). The summed E-state index contributed by atoms with van der Waals surface area (Å²) >= 11 is 0. The van der Waals surface area contributed by atoms with E-state index in [9.17, 15) is 8.42 Å². The number of nitrogens with zero attached hydrogens (tertiary/aromatic N) is 1. The van der Waals surface area contributed by atoms with E-state index in [-0.39, 0.29) is 5.82 Å². The summed E-state index contributed by atoms with van der Waals surface area (Å²) in [7, 11) is -1.68. The van der Waals surface area contributed by atoms with E-state index in [1.54, 1.807) is 26.2 Å². The molecular weight excluding hydrogens is 278 g/mol. The standard InChI is InChI=1S/C13H17N3O3S/c1-8(20(3,17)18)12-11(13(14)16-15-12)9-5-4-6-10(7-9)19-2/h4-8H,1-3H3,(H3,14,15,16). The second kappa shape index (κ2) is 5.16. The zero-order valence-electron chi connectivity index (χ0n) is 11.5. The van der Waals surface area contributed by atoms with Gasteiger partial charge in [-0.05, 0) is 24.6 Å². The fraction of sp³-hybridized carbons (Fsp3) is 0.308. The molecule has 0 aliphatic rings. The van der Waals surface area contributed by atoms with Crippen LogP contribution in [-0.4, -0.2) is 32.0 Å². The van der Waals surface area contributed by atoms with Crippen LogP contribution in [0.1, 0.15) is 17.9 Å². The van der Waals surface area contributed by atoms with Crippen molar-refractivity contribution in [3.8, 4) is 16.9 Å². The van der Waals surface area contributed by atoms with Crippen molar-refractivity contribution in [3.63, 3.8) is 0 Å². The topological polar surface area (TPSA) is 98.1 Å². The number of aromatic nitrogens is 2. The average molecular weight is 295 g/mol. The molecule has 6 nitrogen and oxygen atoms in total. The van der Waals surface area contributed by atoms with Gasteiger partial charge in [-0.2, -0.15) is 5.10 Å². The molecule has 0 amide bonds. The van der Waals surface area contributed by atoms with E-state index >= 15 is 0 Å². The van der Waals surface area contributed by atoms with Gasteiger partial charge >= 0.3 is 0 Å². The predicted molar refractivity (Wildman–Crippen MR) is 78.2 cm³/mol. The van der Waals surface area contributed by atoms with Gasteiger partial charge in [-0.15, -0.1) is 0 Å². The Hall–Kier alpha value is -2.02. The number of H-pyrrole nitrogens is 1. The second-order valence-electron chi connectivity index (χ2n) is 4.60.